The molecule has 6 heteroatoms. The minimum Gasteiger partial charge on any atom is -0.490 e. The van der Waals surface area contributed by atoms with Gasteiger partial charge in [0.05, 0.1) is 12.8 Å². The fraction of sp³-hybridized carbons (Fsp3) is 0.500. The second-order valence-electron chi connectivity index (χ2n) is 3.49. The standard InChI is InChI=1S/C12H17NO5/c1-16-5-2-6-17-7-8-18-10-3-4-11(12(14)15)13-9-10/h3-4,9H,2,5-8H2,1H3,(H,14,15). The van der Waals surface area contributed by atoms with Crippen LogP contribution >= 0.6 is 0 Å². The SMILES string of the molecule is COCCCOCCOc1ccc(C(=O)O)nc1. The Bertz CT molecular complexity index is 352. The quantitative estimate of drug-likeness (QED) is 0.668. The Morgan fingerprint density at radius 3 is 2.72 bits per heavy atom. The molecule has 0 fully saturated rings. The van der Waals surface area contributed by atoms with Crippen molar-refractivity contribution in [3.63, 3.8) is 0 Å². The zero-order valence-corrected chi connectivity index (χ0v) is 10.3. The summed E-state index contributed by atoms with van der Waals surface area (Å²) in [6, 6.07) is 2.97. The molecule has 1 rings (SSSR count). The fourth-order valence-corrected chi connectivity index (χ4v) is 1.22. The first kappa shape index (κ1) is 14.4. The van der Waals surface area contributed by atoms with Crippen LogP contribution in [0.2, 0.25) is 0 Å². The van der Waals surface area contributed by atoms with E-state index < -0.39 is 5.97 Å². The van der Waals surface area contributed by atoms with Crippen LogP contribution in [-0.4, -0.2) is 49.6 Å². The molecular formula is C12H17NO5. The minimum atomic E-state index is -1.05. The second-order valence-corrected chi connectivity index (χ2v) is 3.49. The van der Waals surface area contributed by atoms with Gasteiger partial charge in [0.1, 0.15) is 18.1 Å². The average molecular weight is 255 g/mol. The smallest absolute Gasteiger partial charge is 0.354 e. The van der Waals surface area contributed by atoms with Gasteiger partial charge in [0.25, 0.3) is 0 Å². The Morgan fingerprint density at radius 1 is 1.28 bits per heavy atom. The van der Waals surface area contributed by atoms with Gasteiger partial charge in [-0.1, -0.05) is 0 Å². The van der Waals surface area contributed by atoms with E-state index in [1.54, 1.807) is 13.2 Å². The molecule has 0 unspecified atom stereocenters. The molecule has 1 N–H and O–H groups in total. The van der Waals surface area contributed by atoms with E-state index >= 15 is 0 Å². The molecule has 0 aromatic carbocycles. The molecule has 1 aromatic rings. The first-order valence-electron chi connectivity index (χ1n) is 5.63. The van der Waals surface area contributed by atoms with Crippen molar-refractivity contribution in [3.05, 3.63) is 24.0 Å². The van der Waals surface area contributed by atoms with Crippen molar-refractivity contribution >= 4 is 5.97 Å². The maximum Gasteiger partial charge on any atom is 0.354 e. The molecule has 0 aliphatic heterocycles. The van der Waals surface area contributed by atoms with E-state index in [1.807, 2.05) is 0 Å². The van der Waals surface area contributed by atoms with Crippen LogP contribution in [-0.2, 0) is 9.47 Å². The van der Waals surface area contributed by atoms with Crippen molar-refractivity contribution in [2.24, 2.45) is 0 Å². The molecule has 0 saturated carbocycles. The van der Waals surface area contributed by atoms with Gasteiger partial charge in [0.15, 0.2) is 0 Å². The van der Waals surface area contributed by atoms with Crippen LogP contribution in [0.4, 0.5) is 0 Å². The second kappa shape index (κ2) is 8.43. The molecule has 0 atom stereocenters. The van der Waals surface area contributed by atoms with Crippen LogP contribution in [0.25, 0.3) is 0 Å². The molecule has 1 heterocycles. The fourth-order valence-electron chi connectivity index (χ4n) is 1.22. The molecule has 0 bridgehead atoms. The summed E-state index contributed by atoms with van der Waals surface area (Å²) in [6.45, 7) is 2.19. The summed E-state index contributed by atoms with van der Waals surface area (Å²) in [6.07, 6.45) is 2.24. The number of carboxylic acid groups (broad SMARTS) is 1. The molecule has 0 radical (unpaired) electrons. The van der Waals surface area contributed by atoms with Crippen molar-refractivity contribution in [2.75, 3.05) is 33.5 Å². The zero-order chi connectivity index (χ0) is 13.2. The Kier molecular flexibility index (Phi) is 6.75. The molecule has 0 aliphatic carbocycles. The Morgan fingerprint density at radius 2 is 2.11 bits per heavy atom. The van der Waals surface area contributed by atoms with Crippen molar-refractivity contribution in [1.29, 1.82) is 0 Å². The average Bonchev–Trinajstić information content (AvgIpc) is 2.38. The number of aromatic carboxylic acids is 1. The summed E-state index contributed by atoms with van der Waals surface area (Å²) in [5.41, 5.74) is -0.00170. The Labute approximate surface area is 106 Å². The van der Waals surface area contributed by atoms with Gasteiger partial charge >= 0.3 is 5.97 Å². The molecule has 0 amide bonds. The summed E-state index contributed by atoms with van der Waals surface area (Å²) < 4.78 is 15.5. The van der Waals surface area contributed by atoms with E-state index in [0.717, 1.165) is 6.42 Å². The summed E-state index contributed by atoms with van der Waals surface area (Å²) in [5, 5.41) is 8.66. The molecule has 1 aromatic heterocycles. The molecule has 0 aliphatic rings. The van der Waals surface area contributed by atoms with E-state index in [0.29, 0.717) is 32.2 Å². The van der Waals surface area contributed by atoms with Gasteiger partial charge in [-0.2, -0.15) is 0 Å². The number of hydrogen-bond donors (Lipinski definition) is 1. The highest BCUT2D eigenvalue weighted by molar-refractivity contribution is 5.85. The number of carbonyl (C=O) groups is 1. The normalized spacial score (nSPS) is 10.3. The van der Waals surface area contributed by atoms with E-state index in [1.165, 1.54) is 12.3 Å². The van der Waals surface area contributed by atoms with Crippen molar-refractivity contribution in [2.45, 2.75) is 6.42 Å². The summed E-state index contributed by atoms with van der Waals surface area (Å²) >= 11 is 0. The lowest BCUT2D eigenvalue weighted by molar-refractivity contribution is 0.0689. The Balaban J connectivity index is 2.14. The monoisotopic (exact) mass is 255 g/mol. The number of carboxylic acids is 1. The predicted octanol–water partition coefficient (Wildman–Crippen LogP) is 1.21. The molecular weight excluding hydrogens is 238 g/mol. The van der Waals surface area contributed by atoms with Crippen LogP contribution in [0.1, 0.15) is 16.9 Å². The summed E-state index contributed by atoms with van der Waals surface area (Å²) in [4.78, 5) is 14.3. The van der Waals surface area contributed by atoms with Gasteiger partial charge in [-0.3, -0.25) is 0 Å². The molecule has 0 spiro atoms. The van der Waals surface area contributed by atoms with Crippen LogP contribution in [0.15, 0.2) is 18.3 Å². The third kappa shape index (κ3) is 5.60. The van der Waals surface area contributed by atoms with Crippen molar-refractivity contribution in [3.8, 4) is 5.75 Å². The summed E-state index contributed by atoms with van der Waals surface area (Å²) in [7, 11) is 1.65. The Hall–Kier alpha value is -1.66. The maximum absolute atomic E-state index is 10.6. The molecule has 100 valence electrons. The highest BCUT2D eigenvalue weighted by Crippen LogP contribution is 2.08. The topological polar surface area (TPSA) is 77.9 Å². The van der Waals surface area contributed by atoms with Crippen LogP contribution in [0, 0.1) is 0 Å². The van der Waals surface area contributed by atoms with Gasteiger partial charge in [-0.15, -0.1) is 0 Å². The molecule has 18 heavy (non-hydrogen) atoms. The highest BCUT2D eigenvalue weighted by Gasteiger charge is 2.03. The molecule has 6 nitrogen and oxygen atoms in total. The third-order valence-electron chi connectivity index (χ3n) is 2.09. The van der Waals surface area contributed by atoms with E-state index in [-0.39, 0.29) is 5.69 Å². The lowest BCUT2D eigenvalue weighted by atomic mass is 10.3. The highest BCUT2D eigenvalue weighted by atomic mass is 16.5. The number of ether oxygens (including phenoxy) is 3. The van der Waals surface area contributed by atoms with Crippen LogP contribution in [0.3, 0.4) is 0 Å². The molecule has 0 saturated heterocycles. The largest absolute Gasteiger partial charge is 0.490 e. The minimum absolute atomic E-state index is 0.00170. The number of hydrogen-bond acceptors (Lipinski definition) is 5. The first-order chi connectivity index (χ1) is 8.74. The van der Waals surface area contributed by atoms with Crippen LogP contribution in [0.5, 0.6) is 5.75 Å². The van der Waals surface area contributed by atoms with Crippen molar-refractivity contribution in [1.82, 2.24) is 4.98 Å². The van der Waals surface area contributed by atoms with E-state index in [4.69, 9.17) is 19.3 Å². The number of aromatic nitrogens is 1. The first-order valence-corrected chi connectivity index (χ1v) is 5.63. The van der Waals surface area contributed by atoms with Crippen molar-refractivity contribution < 1.29 is 24.1 Å². The van der Waals surface area contributed by atoms with E-state index in [9.17, 15) is 4.79 Å². The van der Waals surface area contributed by atoms with Gasteiger partial charge in [-0.05, 0) is 18.6 Å². The zero-order valence-electron chi connectivity index (χ0n) is 10.3. The number of nitrogens with zero attached hydrogens (tertiary/aromatic N) is 1. The van der Waals surface area contributed by atoms with Gasteiger partial charge in [0, 0.05) is 20.3 Å². The van der Waals surface area contributed by atoms with Crippen LogP contribution < -0.4 is 4.74 Å². The third-order valence-corrected chi connectivity index (χ3v) is 2.09. The number of methoxy groups -OCH3 is 1. The van der Waals surface area contributed by atoms with Gasteiger partial charge < -0.3 is 19.3 Å². The lowest BCUT2D eigenvalue weighted by Gasteiger charge is -2.06. The number of rotatable bonds is 9. The predicted molar refractivity (Wildman–Crippen MR) is 64.0 cm³/mol. The van der Waals surface area contributed by atoms with Gasteiger partial charge in [-0.25, -0.2) is 9.78 Å². The van der Waals surface area contributed by atoms with E-state index in [2.05, 4.69) is 4.98 Å². The summed E-state index contributed by atoms with van der Waals surface area (Å²) in [5.74, 6) is -0.525. The number of pyridine rings is 1. The maximum atomic E-state index is 10.6. The lowest BCUT2D eigenvalue weighted by Crippen LogP contribution is -2.09. The van der Waals surface area contributed by atoms with Gasteiger partial charge in [0.2, 0.25) is 0 Å².